The number of carboxylic acid groups (broad SMARTS) is 1. The first-order valence-corrected chi connectivity index (χ1v) is 3.84. The monoisotopic (exact) mass is 214 g/mol. The molecule has 0 atom stereocenters. The van der Waals surface area contributed by atoms with E-state index in [1.54, 1.807) is 0 Å². The van der Waals surface area contributed by atoms with E-state index in [1.807, 2.05) is 0 Å². The normalized spacial score (nSPS) is 10.9. The fourth-order valence-corrected chi connectivity index (χ4v) is 0.657. The van der Waals surface area contributed by atoms with Gasteiger partial charge in [0.1, 0.15) is 0 Å². The maximum absolute atomic E-state index is 10.5. The zero-order valence-electron chi connectivity index (χ0n) is 6.34. The highest BCUT2D eigenvalue weighted by Crippen LogP contribution is 2.27. The van der Waals surface area contributed by atoms with Crippen LogP contribution in [0.4, 0.5) is 0 Å². The lowest BCUT2D eigenvalue weighted by Crippen LogP contribution is -2.26. The first-order valence-electron chi connectivity index (χ1n) is 3.08. The van der Waals surface area contributed by atoms with Crippen LogP contribution in [0.3, 0.4) is 0 Å². The molecule has 0 aliphatic carbocycles. The summed E-state index contributed by atoms with van der Waals surface area (Å²) in [6.07, 6.45) is -0.284. The summed E-state index contributed by atoms with van der Waals surface area (Å²) < 4.78 is 2.37. The molecule has 0 rings (SSSR count). The van der Waals surface area contributed by atoms with Gasteiger partial charge in [0.15, 0.2) is 0 Å². The van der Waals surface area contributed by atoms with Gasteiger partial charge in [-0.05, 0) is 0 Å². The Morgan fingerprint density at radius 2 is 2.00 bits per heavy atom. The highest BCUT2D eigenvalue weighted by atomic mass is 35.5. The Bertz CT molecular complexity index is 190. The lowest BCUT2D eigenvalue weighted by atomic mass is 10.2. The summed E-state index contributed by atoms with van der Waals surface area (Å²) in [6, 6.07) is 0. The van der Waals surface area contributed by atoms with E-state index < -0.39 is 16.3 Å². The van der Waals surface area contributed by atoms with Crippen molar-refractivity contribution < 1.29 is 19.4 Å². The van der Waals surface area contributed by atoms with E-state index >= 15 is 0 Å². The van der Waals surface area contributed by atoms with Crippen LogP contribution in [0.1, 0.15) is 12.8 Å². The second kappa shape index (κ2) is 4.52. The molecule has 0 aliphatic rings. The van der Waals surface area contributed by atoms with Crippen LogP contribution in [-0.4, -0.2) is 28.5 Å². The van der Waals surface area contributed by atoms with E-state index in [4.69, 9.17) is 28.3 Å². The van der Waals surface area contributed by atoms with Gasteiger partial charge in [-0.2, -0.15) is 0 Å². The molecule has 1 N–H and O–H groups in total. The number of methoxy groups -OCH3 is 1. The average Bonchev–Trinajstić information content (AvgIpc) is 2.00. The molecule has 0 unspecified atom stereocenters. The molecule has 0 aromatic carbocycles. The van der Waals surface area contributed by atoms with Gasteiger partial charge in [0.25, 0.3) is 0 Å². The molecule has 0 saturated heterocycles. The summed E-state index contributed by atoms with van der Waals surface area (Å²) in [5, 5.41) is 8.41. The number of alkyl halides is 2. The van der Waals surface area contributed by atoms with Crippen LogP contribution in [-0.2, 0) is 14.3 Å². The van der Waals surface area contributed by atoms with Crippen LogP contribution in [0, 0.1) is 0 Å². The summed E-state index contributed by atoms with van der Waals surface area (Å²) in [5.41, 5.74) is 0. The maximum atomic E-state index is 10.5. The van der Waals surface area contributed by atoms with Crippen molar-refractivity contribution in [3.05, 3.63) is 0 Å². The molecule has 70 valence electrons. The van der Waals surface area contributed by atoms with Gasteiger partial charge in [-0.25, -0.2) is 4.79 Å². The number of hydrogen-bond donors (Lipinski definition) is 1. The van der Waals surface area contributed by atoms with Crippen LogP contribution in [0.15, 0.2) is 0 Å². The van der Waals surface area contributed by atoms with Crippen molar-refractivity contribution >= 4 is 35.1 Å². The number of aliphatic carboxylic acids is 1. The van der Waals surface area contributed by atoms with Crippen molar-refractivity contribution in [1.29, 1.82) is 0 Å². The predicted molar refractivity (Wildman–Crippen MR) is 43.3 cm³/mol. The third-order valence-electron chi connectivity index (χ3n) is 1.18. The molecule has 0 aliphatic heterocycles. The minimum atomic E-state index is -1.91. The third kappa shape index (κ3) is 3.78. The number of rotatable bonds is 4. The first-order chi connectivity index (χ1) is 5.40. The van der Waals surface area contributed by atoms with Gasteiger partial charge in [0, 0.05) is 12.8 Å². The smallest absolute Gasteiger partial charge is 0.340 e. The van der Waals surface area contributed by atoms with E-state index in [0.29, 0.717) is 0 Å². The largest absolute Gasteiger partial charge is 0.479 e. The van der Waals surface area contributed by atoms with Crippen molar-refractivity contribution in [3.63, 3.8) is 0 Å². The van der Waals surface area contributed by atoms with E-state index in [9.17, 15) is 9.59 Å². The Balaban J connectivity index is 3.92. The summed E-state index contributed by atoms with van der Waals surface area (Å²) in [5.74, 6) is -1.91. The van der Waals surface area contributed by atoms with E-state index in [1.165, 1.54) is 7.11 Å². The Morgan fingerprint density at radius 3 is 2.33 bits per heavy atom. The number of halogens is 2. The SMILES string of the molecule is COC(=O)CCC(Cl)(Cl)C(=O)O. The fraction of sp³-hybridized carbons (Fsp3) is 0.667. The number of ether oxygens (including phenoxy) is 1. The molecule has 0 fully saturated rings. The molecule has 6 heteroatoms. The molecule has 0 bridgehead atoms. The van der Waals surface area contributed by atoms with Crippen LogP contribution in [0.25, 0.3) is 0 Å². The molecular formula is C6H8Cl2O4. The number of carbonyl (C=O) groups excluding carboxylic acids is 1. The number of esters is 1. The van der Waals surface area contributed by atoms with Crippen LogP contribution < -0.4 is 0 Å². The van der Waals surface area contributed by atoms with E-state index in [2.05, 4.69) is 4.74 Å². The first kappa shape index (κ1) is 11.5. The van der Waals surface area contributed by atoms with Crippen LogP contribution in [0.2, 0.25) is 0 Å². The topological polar surface area (TPSA) is 63.6 Å². The Morgan fingerprint density at radius 1 is 1.50 bits per heavy atom. The lowest BCUT2D eigenvalue weighted by molar-refractivity contribution is -0.141. The summed E-state index contributed by atoms with van der Waals surface area (Å²) in [4.78, 5) is 20.9. The second-order valence-electron chi connectivity index (χ2n) is 2.09. The van der Waals surface area contributed by atoms with Crippen molar-refractivity contribution in [1.82, 2.24) is 0 Å². The van der Waals surface area contributed by atoms with Crippen LogP contribution >= 0.6 is 23.2 Å². The van der Waals surface area contributed by atoms with Gasteiger partial charge in [-0.15, -0.1) is 0 Å². The molecule has 0 spiro atoms. The van der Waals surface area contributed by atoms with Gasteiger partial charge in [0.2, 0.25) is 4.33 Å². The molecule has 0 heterocycles. The van der Waals surface area contributed by atoms with Gasteiger partial charge in [-0.3, -0.25) is 4.79 Å². The summed E-state index contributed by atoms with van der Waals surface area (Å²) >= 11 is 10.7. The number of hydrogen-bond acceptors (Lipinski definition) is 3. The van der Waals surface area contributed by atoms with Crippen molar-refractivity contribution in [2.24, 2.45) is 0 Å². The third-order valence-corrected chi connectivity index (χ3v) is 1.88. The predicted octanol–water partition coefficient (Wildman–Crippen LogP) is 1.20. The van der Waals surface area contributed by atoms with Gasteiger partial charge < -0.3 is 9.84 Å². The average molecular weight is 215 g/mol. The fourth-order valence-electron chi connectivity index (χ4n) is 0.468. The quantitative estimate of drug-likeness (QED) is 0.565. The number of carbonyl (C=O) groups is 2. The molecule has 0 aromatic heterocycles. The van der Waals surface area contributed by atoms with Gasteiger partial charge in [-0.1, -0.05) is 23.2 Å². The molecule has 0 amide bonds. The maximum Gasteiger partial charge on any atom is 0.340 e. The molecule has 4 nitrogen and oxygen atoms in total. The highest BCUT2D eigenvalue weighted by molar-refractivity contribution is 6.57. The standard InChI is InChI=1S/C6H8Cl2O4/c1-12-4(9)2-3-6(7,8)5(10)11/h2-3H2,1H3,(H,10,11). The zero-order valence-corrected chi connectivity index (χ0v) is 7.85. The Hall–Kier alpha value is -0.480. The molecule has 0 radical (unpaired) electrons. The van der Waals surface area contributed by atoms with Gasteiger partial charge >= 0.3 is 11.9 Å². The second-order valence-corrected chi connectivity index (χ2v) is 3.57. The minimum Gasteiger partial charge on any atom is -0.479 e. The molecular weight excluding hydrogens is 207 g/mol. The Kier molecular flexibility index (Phi) is 4.34. The molecule has 0 saturated carbocycles. The van der Waals surface area contributed by atoms with Crippen molar-refractivity contribution in [2.45, 2.75) is 17.2 Å². The molecule has 12 heavy (non-hydrogen) atoms. The van der Waals surface area contributed by atoms with E-state index in [-0.39, 0.29) is 12.8 Å². The molecule has 0 aromatic rings. The van der Waals surface area contributed by atoms with Crippen LogP contribution in [0.5, 0.6) is 0 Å². The van der Waals surface area contributed by atoms with E-state index in [0.717, 1.165) is 0 Å². The van der Waals surface area contributed by atoms with Crippen molar-refractivity contribution in [3.8, 4) is 0 Å². The number of carboxylic acids is 1. The zero-order chi connectivity index (χ0) is 9.78. The highest BCUT2D eigenvalue weighted by Gasteiger charge is 2.33. The lowest BCUT2D eigenvalue weighted by Gasteiger charge is -2.12. The summed E-state index contributed by atoms with van der Waals surface area (Å²) in [7, 11) is 1.20. The summed E-state index contributed by atoms with van der Waals surface area (Å²) in [6.45, 7) is 0. The van der Waals surface area contributed by atoms with Crippen molar-refractivity contribution in [2.75, 3.05) is 7.11 Å². The van der Waals surface area contributed by atoms with Gasteiger partial charge in [0.05, 0.1) is 7.11 Å². The minimum absolute atomic E-state index is 0.115. The Labute approximate surface area is 79.4 Å².